The molecule has 2 N–H and O–H groups in total. The monoisotopic (exact) mass is 536 g/mol. The Labute approximate surface area is 235 Å². The smallest absolute Gasteiger partial charge is 0.339 e. The van der Waals surface area contributed by atoms with Gasteiger partial charge in [-0.3, -0.25) is 4.90 Å². The maximum Gasteiger partial charge on any atom is 0.339 e. The highest BCUT2D eigenvalue weighted by Gasteiger charge is 2.28. The average molecular weight is 537 g/mol. The van der Waals surface area contributed by atoms with Gasteiger partial charge in [-0.05, 0) is 66.5 Å². The van der Waals surface area contributed by atoms with Crippen molar-refractivity contribution in [3.63, 3.8) is 0 Å². The Morgan fingerprint density at radius 3 is 2.60 bits per heavy atom. The first kappa shape index (κ1) is 26.1. The summed E-state index contributed by atoms with van der Waals surface area (Å²) in [7, 11) is 0. The van der Waals surface area contributed by atoms with Crippen LogP contribution in [0.3, 0.4) is 0 Å². The summed E-state index contributed by atoms with van der Waals surface area (Å²) in [6.45, 7) is 7.04. The topological polar surface area (TPSA) is 81.7 Å². The minimum atomic E-state index is -1.01. The zero-order valence-corrected chi connectivity index (χ0v) is 22.9. The van der Waals surface area contributed by atoms with Crippen molar-refractivity contribution >= 4 is 22.7 Å². The number of carboxylic acid groups (broad SMARTS) is 1. The lowest BCUT2D eigenvalue weighted by Crippen LogP contribution is -2.48. The second kappa shape index (κ2) is 11.6. The molecule has 0 saturated carbocycles. The van der Waals surface area contributed by atoms with Crippen LogP contribution < -0.4 is 9.64 Å². The first-order valence-electron chi connectivity index (χ1n) is 14.3. The first-order chi connectivity index (χ1) is 19.6. The number of nitrogens with zero attached hydrogens (tertiary/aromatic N) is 3. The van der Waals surface area contributed by atoms with Crippen molar-refractivity contribution in [1.82, 2.24) is 14.9 Å². The molecule has 0 spiro atoms. The third-order valence-electron chi connectivity index (χ3n) is 8.41. The molecule has 4 aromatic rings. The van der Waals surface area contributed by atoms with E-state index in [0.717, 1.165) is 68.7 Å². The van der Waals surface area contributed by atoms with E-state index in [4.69, 9.17) is 4.74 Å². The van der Waals surface area contributed by atoms with Crippen LogP contribution in [0.4, 0.5) is 5.69 Å². The molecule has 3 heterocycles. The fraction of sp³-hybridized carbons (Fsp3) is 0.333. The highest BCUT2D eigenvalue weighted by atomic mass is 16.5. The number of fused-ring (bicyclic) bond motifs is 1. The van der Waals surface area contributed by atoms with Crippen molar-refractivity contribution in [3.05, 3.63) is 95.8 Å². The lowest BCUT2D eigenvalue weighted by molar-refractivity contribution is 0.0694. The molecule has 206 valence electrons. The van der Waals surface area contributed by atoms with Crippen LogP contribution in [0.1, 0.15) is 47.2 Å². The molecule has 0 radical (unpaired) electrons. The van der Waals surface area contributed by atoms with Crippen LogP contribution in [0.2, 0.25) is 0 Å². The number of rotatable bonds is 8. The Kier molecular flexibility index (Phi) is 7.55. The molecule has 1 aliphatic carbocycles. The summed E-state index contributed by atoms with van der Waals surface area (Å²) in [6, 6.07) is 18.4. The Bertz CT molecular complexity index is 1500. The van der Waals surface area contributed by atoms with Crippen LogP contribution in [0.25, 0.3) is 11.0 Å². The number of aromatic nitrogens is 2. The lowest BCUT2D eigenvalue weighted by Gasteiger charge is -2.39. The van der Waals surface area contributed by atoms with E-state index in [-0.39, 0.29) is 5.56 Å². The third-order valence-corrected chi connectivity index (χ3v) is 8.41. The summed E-state index contributed by atoms with van der Waals surface area (Å²) >= 11 is 0. The van der Waals surface area contributed by atoms with Crippen molar-refractivity contribution in [2.24, 2.45) is 5.92 Å². The zero-order valence-electron chi connectivity index (χ0n) is 22.9. The van der Waals surface area contributed by atoms with Gasteiger partial charge < -0.3 is 19.7 Å². The molecular formula is C33H36N4O3. The van der Waals surface area contributed by atoms with Crippen LogP contribution in [0.15, 0.2) is 79.1 Å². The van der Waals surface area contributed by atoms with Gasteiger partial charge in [-0.25, -0.2) is 9.78 Å². The predicted molar refractivity (Wildman–Crippen MR) is 159 cm³/mol. The van der Waals surface area contributed by atoms with Gasteiger partial charge in [-0.15, -0.1) is 0 Å². The van der Waals surface area contributed by atoms with Gasteiger partial charge in [0.2, 0.25) is 0 Å². The minimum Gasteiger partial charge on any atom is -0.478 e. The van der Waals surface area contributed by atoms with Gasteiger partial charge in [0.1, 0.15) is 22.7 Å². The molecule has 2 atom stereocenters. The van der Waals surface area contributed by atoms with Crippen molar-refractivity contribution < 1.29 is 14.6 Å². The van der Waals surface area contributed by atoms with Crippen LogP contribution in [0.5, 0.6) is 11.5 Å². The molecule has 0 amide bonds. The minimum absolute atomic E-state index is 0.139. The van der Waals surface area contributed by atoms with Gasteiger partial charge >= 0.3 is 5.97 Å². The number of aromatic carboxylic acids is 1. The Morgan fingerprint density at radius 2 is 1.82 bits per heavy atom. The molecule has 0 bridgehead atoms. The third kappa shape index (κ3) is 5.61. The number of anilines is 1. The number of aryl methyl sites for hydroxylation is 1. The van der Waals surface area contributed by atoms with E-state index in [1.54, 1.807) is 12.3 Å². The average Bonchev–Trinajstić information content (AvgIpc) is 3.46. The summed E-state index contributed by atoms with van der Waals surface area (Å²) in [5.74, 6) is 1.01. The standard InChI is InChI=1S/C33H36N4O3/c1-2-23-7-9-24(10-8-23)29-6-4-3-5-26(29)22-36-15-17-37(18-16-36)27-11-12-30(33(38)39)31(20-27)40-28-19-25-13-14-34-32(25)35-21-28/h3-4,7-14,19-21,26,29H,2,5-6,15-18,22H2,1H3,(H,34,35)(H,38,39). The van der Waals surface area contributed by atoms with Gasteiger partial charge in [0.25, 0.3) is 0 Å². The molecule has 2 aromatic carbocycles. The normalized spacial score (nSPS) is 19.7. The Hall–Kier alpha value is -4.10. The van der Waals surface area contributed by atoms with E-state index in [0.29, 0.717) is 23.3 Å². The summed E-state index contributed by atoms with van der Waals surface area (Å²) in [4.78, 5) is 24.3. The highest BCUT2D eigenvalue weighted by molar-refractivity contribution is 5.92. The number of benzene rings is 2. The van der Waals surface area contributed by atoms with Crippen LogP contribution >= 0.6 is 0 Å². The van der Waals surface area contributed by atoms with Gasteiger partial charge in [0.15, 0.2) is 0 Å². The molecule has 7 nitrogen and oxygen atoms in total. The lowest BCUT2D eigenvalue weighted by atomic mass is 9.78. The van der Waals surface area contributed by atoms with Crippen molar-refractivity contribution in [2.45, 2.75) is 32.1 Å². The number of hydrogen-bond donors (Lipinski definition) is 2. The van der Waals surface area contributed by atoms with E-state index in [2.05, 4.69) is 63.1 Å². The number of ether oxygens (including phenoxy) is 1. The molecule has 1 saturated heterocycles. The highest BCUT2D eigenvalue weighted by Crippen LogP contribution is 2.36. The molecule has 40 heavy (non-hydrogen) atoms. The quantitative estimate of drug-likeness (QED) is 0.251. The van der Waals surface area contributed by atoms with Crippen molar-refractivity contribution in [1.29, 1.82) is 0 Å². The van der Waals surface area contributed by atoms with Crippen molar-refractivity contribution in [2.75, 3.05) is 37.6 Å². The number of hydrogen-bond acceptors (Lipinski definition) is 5. The molecule has 7 heteroatoms. The Balaban J connectivity index is 1.12. The second-order valence-corrected chi connectivity index (χ2v) is 10.9. The largest absolute Gasteiger partial charge is 0.478 e. The van der Waals surface area contributed by atoms with Gasteiger partial charge in [-0.2, -0.15) is 0 Å². The zero-order chi connectivity index (χ0) is 27.5. The SMILES string of the molecule is CCc1ccc(C2CC=CCC2CN2CCN(c3ccc(C(=O)O)c(Oc4cnc5[nH]ccc5c4)c3)CC2)cc1. The number of piperazine rings is 1. The molecule has 1 fully saturated rings. The molecule has 6 rings (SSSR count). The molecule has 1 aliphatic heterocycles. The maximum absolute atomic E-state index is 11.9. The predicted octanol–water partition coefficient (Wildman–Crippen LogP) is 6.49. The summed E-state index contributed by atoms with van der Waals surface area (Å²) in [6.07, 6.45) is 11.4. The van der Waals surface area contributed by atoms with Crippen LogP contribution in [-0.2, 0) is 6.42 Å². The number of H-pyrrole nitrogens is 1. The van der Waals surface area contributed by atoms with Crippen LogP contribution in [0, 0.1) is 5.92 Å². The van der Waals surface area contributed by atoms with Gasteiger partial charge in [0.05, 0.1) is 6.20 Å². The first-order valence-corrected chi connectivity index (χ1v) is 14.3. The van der Waals surface area contributed by atoms with Gasteiger partial charge in [-0.1, -0.05) is 43.3 Å². The number of allylic oxidation sites excluding steroid dienone is 2. The summed E-state index contributed by atoms with van der Waals surface area (Å²) < 4.78 is 6.07. The molecule has 2 aromatic heterocycles. The van der Waals surface area contributed by atoms with Gasteiger partial charge in [0, 0.05) is 56.1 Å². The van der Waals surface area contributed by atoms with E-state index < -0.39 is 5.97 Å². The van der Waals surface area contributed by atoms with Crippen molar-refractivity contribution in [3.8, 4) is 11.5 Å². The fourth-order valence-electron chi connectivity index (χ4n) is 6.07. The number of pyridine rings is 1. The summed E-state index contributed by atoms with van der Waals surface area (Å²) in [5.41, 5.74) is 4.74. The van der Waals surface area contributed by atoms with E-state index in [1.165, 1.54) is 11.1 Å². The maximum atomic E-state index is 11.9. The number of nitrogens with one attached hydrogen (secondary N) is 1. The number of carbonyl (C=O) groups is 1. The second-order valence-electron chi connectivity index (χ2n) is 10.9. The van der Waals surface area contributed by atoms with E-state index >= 15 is 0 Å². The molecular weight excluding hydrogens is 500 g/mol. The molecule has 2 unspecified atom stereocenters. The summed E-state index contributed by atoms with van der Waals surface area (Å²) in [5, 5.41) is 10.7. The Morgan fingerprint density at radius 1 is 1.02 bits per heavy atom. The fourth-order valence-corrected chi connectivity index (χ4v) is 6.07. The molecule has 2 aliphatic rings. The number of carboxylic acids is 1. The van der Waals surface area contributed by atoms with Crippen LogP contribution in [-0.4, -0.2) is 58.7 Å². The van der Waals surface area contributed by atoms with E-state index in [9.17, 15) is 9.90 Å². The van der Waals surface area contributed by atoms with E-state index in [1.807, 2.05) is 30.5 Å². The number of aromatic amines is 1.